The van der Waals surface area contributed by atoms with Crippen LogP contribution in [0, 0.1) is 11.3 Å². The van der Waals surface area contributed by atoms with Gasteiger partial charge in [0.05, 0.1) is 0 Å². The van der Waals surface area contributed by atoms with Gasteiger partial charge in [-0.25, -0.2) is 0 Å². The Morgan fingerprint density at radius 1 is 1.16 bits per heavy atom. The lowest BCUT2D eigenvalue weighted by Gasteiger charge is -2.33. The van der Waals surface area contributed by atoms with Crippen LogP contribution in [0.2, 0.25) is 0 Å². The average molecular weight is 269 g/mol. The van der Waals surface area contributed by atoms with Crippen molar-refractivity contribution in [3.63, 3.8) is 0 Å². The maximum Gasteiger partial charge on any atom is 0.220 e. The first-order valence-electron chi connectivity index (χ1n) is 7.57. The number of hydrogen-bond donors (Lipinski definition) is 1. The third kappa shape index (κ3) is 7.56. The fraction of sp³-hybridized carbons (Fsp3) is 0.938. The van der Waals surface area contributed by atoms with Gasteiger partial charge >= 0.3 is 0 Å². The van der Waals surface area contributed by atoms with Crippen LogP contribution < -0.4 is 5.32 Å². The number of amides is 1. The highest BCUT2D eigenvalue weighted by Gasteiger charge is 2.27. The van der Waals surface area contributed by atoms with Crippen LogP contribution in [0.4, 0.5) is 0 Å². The van der Waals surface area contributed by atoms with Crippen LogP contribution in [0.15, 0.2) is 0 Å². The zero-order valence-corrected chi connectivity index (χ0v) is 13.3. The van der Waals surface area contributed by atoms with E-state index in [1.165, 1.54) is 0 Å². The van der Waals surface area contributed by atoms with Crippen LogP contribution in [0.1, 0.15) is 66.7 Å². The molecule has 1 aliphatic heterocycles. The van der Waals surface area contributed by atoms with Gasteiger partial charge < -0.3 is 10.1 Å². The van der Waals surface area contributed by atoms with E-state index in [-0.39, 0.29) is 16.9 Å². The molecular weight excluding hydrogens is 238 g/mol. The van der Waals surface area contributed by atoms with Crippen LogP contribution in [0.3, 0.4) is 0 Å². The molecular formula is C16H31NO2. The summed E-state index contributed by atoms with van der Waals surface area (Å²) in [5.74, 6) is 0.867. The molecule has 0 aliphatic carbocycles. The smallest absolute Gasteiger partial charge is 0.220 e. The maximum absolute atomic E-state index is 12.0. The summed E-state index contributed by atoms with van der Waals surface area (Å²) in [5, 5.41) is 3.18. The molecule has 3 nitrogen and oxygen atoms in total. The van der Waals surface area contributed by atoms with Gasteiger partial charge in [0, 0.05) is 25.2 Å². The molecule has 3 heteroatoms. The summed E-state index contributed by atoms with van der Waals surface area (Å²) in [7, 11) is 0. The summed E-state index contributed by atoms with van der Waals surface area (Å²) >= 11 is 0. The first-order valence-corrected chi connectivity index (χ1v) is 7.57. The fourth-order valence-electron chi connectivity index (χ4n) is 3.18. The number of carbonyl (C=O) groups is 1. The molecule has 0 aromatic rings. The van der Waals surface area contributed by atoms with E-state index in [4.69, 9.17) is 4.74 Å². The third-order valence-electron chi connectivity index (χ3n) is 3.57. The van der Waals surface area contributed by atoms with Crippen molar-refractivity contribution < 1.29 is 9.53 Å². The van der Waals surface area contributed by atoms with Gasteiger partial charge in [-0.2, -0.15) is 0 Å². The molecule has 1 heterocycles. The molecule has 1 aliphatic rings. The Hall–Kier alpha value is -0.570. The normalized spacial score (nSPS) is 18.4. The van der Waals surface area contributed by atoms with Gasteiger partial charge in [-0.1, -0.05) is 20.8 Å². The number of ether oxygens (including phenoxy) is 1. The summed E-state index contributed by atoms with van der Waals surface area (Å²) in [6.07, 6.45) is 4.86. The van der Waals surface area contributed by atoms with E-state index in [0.717, 1.165) is 38.9 Å². The van der Waals surface area contributed by atoms with Gasteiger partial charge in [-0.3, -0.25) is 4.79 Å². The highest BCUT2D eigenvalue weighted by Crippen LogP contribution is 2.27. The molecule has 19 heavy (non-hydrogen) atoms. The minimum atomic E-state index is -0.120. The minimum Gasteiger partial charge on any atom is -0.381 e. The summed E-state index contributed by atoms with van der Waals surface area (Å²) in [4.78, 5) is 12.0. The molecule has 0 spiro atoms. The van der Waals surface area contributed by atoms with E-state index >= 15 is 0 Å². The number of rotatable bonds is 5. The van der Waals surface area contributed by atoms with E-state index in [1.54, 1.807) is 0 Å². The second-order valence-corrected chi connectivity index (χ2v) is 7.76. The molecule has 1 amide bonds. The van der Waals surface area contributed by atoms with Crippen LogP contribution in [-0.4, -0.2) is 24.7 Å². The van der Waals surface area contributed by atoms with E-state index in [9.17, 15) is 4.79 Å². The number of carbonyl (C=O) groups excluding carboxylic acids is 1. The maximum atomic E-state index is 12.0. The Labute approximate surface area is 118 Å². The monoisotopic (exact) mass is 269 g/mol. The van der Waals surface area contributed by atoms with Crippen molar-refractivity contribution in [2.24, 2.45) is 11.3 Å². The van der Waals surface area contributed by atoms with Gasteiger partial charge in [-0.05, 0) is 50.9 Å². The zero-order chi connectivity index (χ0) is 14.5. The molecule has 1 fully saturated rings. The minimum absolute atomic E-state index is 0.120. The highest BCUT2D eigenvalue weighted by molar-refractivity contribution is 5.76. The van der Waals surface area contributed by atoms with E-state index < -0.39 is 0 Å². The van der Waals surface area contributed by atoms with Gasteiger partial charge in [0.2, 0.25) is 5.91 Å². The molecule has 0 aromatic heterocycles. The molecule has 0 unspecified atom stereocenters. The van der Waals surface area contributed by atoms with Crippen molar-refractivity contribution >= 4 is 5.91 Å². The average Bonchev–Trinajstić information content (AvgIpc) is 2.23. The van der Waals surface area contributed by atoms with E-state index in [2.05, 4.69) is 39.9 Å². The SMILES string of the molecule is CC(C)(C)CC(C)(C)NC(=O)CCC1CCOCC1. The molecule has 1 N–H and O–H groups in total. The number of nitrogens with one attached hydrogen (secondary N) is 1. The Morgan fingerprint density at radius 2 is 1.74 bits per heavy atom. The predicted molar refractivity (Wildman–Crippen MR) is 79.1 cm³/mol. The fourth-order valence-corrected chi connectivity index (χ4v) is 3.18. The Morgan fingerprint density at radius 3 is 2.26 bits per heavy atom. The van der Waals surface area contributed by atoms with Crippen molar-refractivity contribution in [3.8, 4) is 0 Å². The molecule has 0 saturated carbocycles. The summed E-state index contributed by atoms with van der Waals surface area (Å²) in [6.45, 7) is 12.6. The number of hydrogen-bond acceptors (Lipinski definition) is 2. The largest absolute Gasteiger partial charge is 0.381 e. The standard InChI is InChI=1S/C16H31NO2/c1-15(2,3)12-16(4,5)17-14(18)7-6-13-8-10-19-11-9-13/h13H,6-12H2,1-5H3,(H,17,18). The molecule has 0 atom stereocenters. The topological polar surface area (TPSA) is 38.3 Å². The lowest BCUT2D eigenvalue weighted by atomic mass is 9.81. The Balaban J connectivity index is 2.29. The van der Waals surface area contributed by atoms with Crippen LogP contribution in [-0.2, 0) is 9.53 Å². The Bertz CT molecular complexity index is 286. The first-order chi connectivity index (χ1) is 8.68. The van der Waals surface area contributed by atoms with Crippen molar-refractivity contribution in [3.05, 3.63) is 0 Å². The second-order valence-electron chi connectivity index (χ2n) is 7.76. The predicted octanol–water partition coefficient (Wildman–Crippen LogP) is 3.52. The highest BCUT2D eigenvalue weighted by atomic mass is 16.5. The van der Waals surface area contributed by atoms with E-state index in [0.29, 0.717) is 12.3 Å². The second kappa shape index (κ2) is 6.74. The first kappa shape index (κ1) is 16.5. The molecule has 0 aromatic carbocycles. The van der Waals surface area contributed by atoms with Crippen LogP contribution >= 0.6 is 0 Å². The van der Waals surface area contributed by atoms with Crippen molar-refractivity contribution in [2.45, 2.75) is 72.3 Å². The van der Waals surface area contributed by atoms with Gasteiger partial charge in [0.1, 0.15) is 0 Å². The van der Waals surface area contributed by atoms with Crippen LogP contribution in [0.5, 0.6) is 0 Å². The molecule has 0 bridgehead atoms. The summed E-state index contributed by atoms with van der Waals surface area (Å²) < 4.78 is 5.34. The molecule has 112 valence electrons. The van der Waals surface area contributed by atoms with Crippen LogP contribution in [0.25, 0.3) is 0 Å². The third-order valence-corrected chi connectivity index (χ3v) is 3.57. The zero-order valence-electron chi connectivity index (χ0n) is 13.3. The van der Waals surface area contributed by atoms with Crippen molar-refractivity contribution in [2.75, 3.05) is 13.2 Å². The Kier molecular flexibility index (Phi) is 5.84. The molecule has 0 radical (unpaired) electrons. The van der Waals surface area contributed by atoms with Gasteiger partial charge in [0.25, 0.3) is 0 Å². The lowest BCUT2D eigenvalue weighted by Crippen LogP contribution is -2.45. The summed E-state index contributed by atoms with van der Waals surface area (Å²) in [6, 6.07) is 0. The summed E-state index contributed by atoms with van der Waals surface area (Å²) in [5.41, 5.74) is 0.114. The van der Waals surface area contributed by atoms with Gasteiger partial charge in [0.15, 0.2) is 0 Å². The van der Waals surface area contributed by atoms with E-state index in [1.807, 2.05) is 0 Å². The molecule has 1 rings (SSSR count). The van der Waals surface area contributed by atoms with Gasteiger partial charge in [-0.15, -0.1) is 0 Å². The lowest BCUT2D eigenvalue weighted by molar-refractivity contribution is -0.123. The quantitative estimate of drug-likeness (QED) is 0.829. The van der Waals surface area contributed by atoms with Crippen molar-refractivity contribution in [1.82, 2.24) is 5.32 Å². The van der Waals surface area contributed by atoms with Crippen molar-refractivity contribution in [1.29, 1.82) is 0 Å². The molecule has 1 saturated heterocycles.